The molecule has 12 heteroatoms. The maximum Gasteiger partial charge on any atom is 0.335 e. The number of rotatable bonds is 56. The molecule has 3 N–H and O–H groups in total. The third-order valence-corrected chi connectivity index (χ3v) is 14.5. The number of hydrogen-bond donors (Lipinski definition) is 3. The monoisotopic (exact) mass is 1190 g/mol. The van der Waals surface area contributed by atoms with E-state index in [0.29, 0.717) is 19.3 Å². The molecule has 1 saturated heterocycles. The van der Waals surface area contributed by atoms with Gasteiger partial charge in [-0.05, 0) is 128 Å². The Hall–Kier alpha value is -4.88. The predicted octanol–water partition coefficient (Wildman–Crippen LogP) is 18.3. The van der Waals surface area contributed by atoms with E-state index in [1.54, 1.807) is 0 Å². The van der Waals surface area contributed by atoms with Gasteiger partial charge in [0.15, 0.2) is 24.6 Å². The number of carboxylic acid groups (broad SMARTS) is 1. The Kier molecular flexibility index (Phi) is 54.6. The predicted molar refractivity (Wildman–Crippen MR) is 349 cm³/mol. The molecule has 0 aromatic rings. The number of carboxylic acids is 1. The minimum absolute atomic E-state index is 0.0403. The Labute approximate surface area is 516 Å². The standard InChI is InChI=1S/C73H118O12/c1-4-7-10-13-16-19-22-25-28-31-33-36-38-41-44-47-50-53-56-59-65(74)81-62-64(83-66(75)60-57-54-51-48-45-42-40-37-34-32-29-26-23-20-17-14-11-8-5-2)63-82-73-71(69(78)68(77)70(85-73)72(79)80)84-67(76)61-58-55-52-49-46-43-39-35-30-27-24-21-18-15-12-9-6-3/h7,9-10,12,16-21,25-30,33-34,36-37,64,68-71,73,77-78H,4-6,8,11,13-15,22-24,31-32,35,38-63H2,1-3H3,(H,79,80)/b10-7-,12-9-,19-16-,20-17-,21-18-,28-25-,29-26-,30-27-,36-33-,37-34-. The van der Waals surface area contributed by atoms with E-state index in [4.69, 9.17) is 23.7 Å². The number of unbranched alkanes of at least 4 members (excludes halogenated alkanes) is 22. The fourth-order valence-corrected chi connectivity index (χ4v) is 9.44. The number of ether oxygens (including phenoxy) is 5. The van der Waals surface area contributed by atoms with Crippen molar-refractivity contribution in [3.63, 3.8) is 0 Å². The van der Waals surface area contributed by atoms with Crippen LogP contribution in [-0.2, 0) is 42.9 Å². The Morgan fingerprint density at radius 3 is 1.13 bits per heavy atom. The van der Waals surface area contributed by atoms with Crippen molar-refractivity contribution in [3.05, 3.63) is 122 Å². The molecule has 6 unspecified atom stereocenters. The van der Waals surface area contributed by atoms with Gasteiger partial charge in [0.2, 0.25) is 0 Å². The highest BCUT2D eigenvalue weighted by molar-refractivity contribution is 5.74. The zero-order valence-electron chi connectivity index (χ0n) is 53.3. The van der Waals surface area contributed by atoms with Gasteiger partial charge in [-0.25, -0.2) is 4.79 Å². The van der Waals surface area contributed by atoms with Crippen LogP contribution in [0.5, 0.6) is 0 Å². The maximum absolute atomic E-state index is 13.2. The largest absolute Gasteiger partial charge is 0.479 e. The summed E-state index contributed by atoms with van der Waals surface area (Å²) in [6, 6.07) is 0. The molecule has 482 valence electrons. The highest BCUT2D eigenvalue weighted by Crippen LogP contribution is 2.26. The van der Waals surface area contributed by atoms with E-state index in [9.17, 15) is 34.5 Å². The average molecular weight is 1190 g/mol. The summed E-state index contributed by atoms with van der Waals surface area (Å²) in [5.41, 5.74) is 0. The zero-order chi connectivity index (χ0) is 61.7. The third-order valence-electron chi connectivity index (χ3n) is 14.5. The van der Waals surface area contributed by atoms with Crippen LogP contribution in [0.15, 0.2) is 122 Å². The van der Waals surface area contributed by atoms with Crippen molar-refractivity contribution < 1.29 is 58.2 Å². The van der Waals surface area contributed by atoms with Crippen molar-refractivity contribution >= 4 is 23.9 Å². The summed E-state index contributed by atoms with van der Waals surface area (Å²) in [6.45, 7) is 5.74. The van der Waals surface area contributed by atoms with Crippen molar-refractivity contribution in [3.8, 4) is 0 Å². The number of aliphatic carboxylic acids is 1. The van der Waals surface area contributed by atoms with Crippen LogP contribution in [0.4, 0.5) is 0 Å². The third kappa shape index (κ3) is 48.9. The van der Waals surface area contributed by atoms with Gasteiger partial charge in [0, 0.05) is 19.3 Å². The SMILES string of the molecule is CC/C=C\C/C=C\C/C=C\C/C=C\CCCCCCCCC(=O)OCC(COC1OC(C(=O)O)C(O)C(O)C1OC(=O)CCCCCCCCC/C=C\C/C=C\C/C=C\CC)OC(=O)CCCCCCCC/C=C\C/C=C\C/C=C\CCCCC. The molecule has 0 bridgehead atoms. The fraction of sp³-hybridized carbons (Fsp3) is 0.671. The van der Waals surface area contributed by atoms with Crippen LogP contribution in [0.25, 0.3) is 0 Å². The van der Waals surface area contributed by atoms with Crippen molar-refractivity contribution in [2.24, 2.45) is 0 Å². The average Bonchev–Trinajstić information content (AvgIpc) is 3.46. The smallest absolute Gasteiger partial charge is 0.335 e. The highest BCUT2D eigenvalue weighted by Gasteiger charge is 2.50. The van der Waals surface area contributed by atoms with Gasteiger partial charge in [0.05, 0.1) is 6.61 Å². The Bertz CT molecular complexity index is 1940. The van der Waals surface area contributed by atoms with Crippen molar-refractivity contribution in [1.29, 1.82) is 0 Å². The van der Waals surface area contributed by atoms with Gasteiger partial charge in [-0.1, -0.05) is 239 Å². The number of aliphatic hydroxyl groups excluding tert-OH is 2. The van der Waals surface area contributed by atoms with Crippen LogP contribution in [0.3, 0.4) is 0 Å². The molecule has 0 amide bonds. The molecular weight excluding hydrogens is 1070 g/mol. The second kappa shape index (κ2) is 59.5. The van der Waals surface area contributed by atoms with Crippen LogP contribution in [0.2, 0.25) is 0 Å². The molecule has 1 aliphatic rings. The normalized spacial score (nSPS) is 18.2. The first-order valence-corrected chi connectivity index (χ1v) is 33.5. The first-order chi connectivity index (χ1) is 41.6. The van der Waals surface area contributed by atoms with Crippen LogP contribution in [0, 0.1) is 0 Å². The lowest BCUT2D eigenvalue weighted by molar-refractivity contribution is -0.301. The van der Waals surface area contributed by atoms with E-state index < -0.39 is 67.3 Å². The number of hydrogen-bond acceptors (Lipinski definition) is 11. The lowest BCUT2D eigenvalue weighted by Gasteiger charge is -2.40. The van der Waals surface area contributed by atoms with Crippen LogP contribution >= 0.6 is 0 Å². The summed E-state index contributed by atoms with van der Waals surface area (Å²) < 4.78 is 28.6. The molecule has 1 rings (SSSR count). The Morgan fingerprint density at radius 1 is 0.400 bits per heavy atom. The summed E-state index contributed by atoms with van der Waals surface area (Å²) >= 11 is 0. The minimum atomic E-state index is -1.92. The van der Waals surface area contributed by atoms with Gasteiger partial charge < -0.3 is 39.0 Å². The molecule has 6 atom stereocenters. The molecule has 0 radical (unpaired) electrons. The van der Waals surface area contributed by atoms with Crippen molar-refractivity contribution in [2.75, 3.05) is 13.2 Å². The summed E-state index contributed by atoms with van der Waals surface area (Å²) in [7, 11) is 0. The number of esters is 3. The summed E-state index contributed by atoms with van der Waals surface area (Å²) in [5.74, 6) is -3.17. The maximum atomic E-state index is 13.2. The second-order valence-corrected chi connectivity index (χ2v) is 22.3. The van der Waals surface area contributed by atoms with Crippen LogP contribution in [-0.4, -0.2) is 89.2 Å². The van der Waals surface area contributed by atoms with E-state index in [2.05, 4.69) is 142 Å². The molecule has 85 heavy (non-hydrogen) atoms. The van der Waals surface area contributed by atoms with E-state index >= 15 is 0 Å². The number of allylic oxidation sites excluding steroid dienone is 20. The zero-order valence-corrected chi connectivity index (χ0v) is 53.3. The molecule has 0 aromatic heterocycles. The Morgan fingerprint density at radius 2 is 0.741 bits per heavy atom. The highest BCUT2D eigenvalue weighted by atomic mass is 16.7. The quantitative estimate of drug-likeness (QED) is 0.0228. The van der Waals surface area contributed by atoms with E-state index in [0.717, 1.165) is 180 Å². The molecule has 0 spiro atoms. The molecule has 1 aliphatic heterocycles. The van der Waals surface area contributed by atoms with Crippen molar-refractivity contribution in [1.82, 2.24) is 0 Å². The molecule has 0 saturated carbocycles. The lowest BCUT2D eigenvalue weighted by Crippen LogP contribution is -2.61. The van der Waals surface area contributed by atoms with Gasteiger partial charge >= 0.3 is 23.9 Å². The van der Waals surface area contributed by atoms with E-state index in [1.807, 2.05) is 0 Å². The number of carbonyl (C=O) groups is 4. The molecule has 0 aliphatic carbocycles. The van der Waals surface area contributed by atoms with Gasteiger partial charge in [0.1, 0.15) is 18.8 Å². The van der Waals surface area contributed by atoms with Crippen LogP contribution < -0.4 is 0 Å². The second-order valence-electron chi connectivity index (χ2n) is 22.3. The topological polar surface area (TPSA) is 175 Å². The van der Waals surface area contributed by atoms with Gasteiger partial charge in [-0.2, -0.15) is 0 Å². The minimum Gasteiger partial charge on any atom is -0.479 e. The molecular formula is C73H118O12. The molecule has 12 nitrogen and oxygen atoms in total. The molecule has 0 aromatic carbocycles. The number of carbonyl (C=O) groups excluding carboxylic acids is 3. The Balaban J connectivity index is 2.69. The van der Waals surface area contributed by atoms with Gasteiger partial charge in [-0.15, -0.1) is 0 Å². The summed E-state index contributed by atoms with van der Waals surface area (Å²) in [5, 5.41) is 31.6. The molecule has 1 fully saturated rings. The van der Waals surface area contributed by atoms with Crippen molar-refractivity contribution in [2.45, 2.75) is 302 Å². The molecule has 1 heterocycles. The van der Waals surface area contributed by atoms with Gasteiger partial charge in [-0.3, -0.25) is 14.4 Å². The first-order valence-electron chi connectivity index (χ1n) is 33.5. The van der Waals surface area contributed by atoms with E-state index in [1.165, 1.54) is 25.7 Å². The summed E-state index contributed by atoms with van der Waals surface area (Å²) in [6.07, 6.45) is 70.0. The first kappa shape index (κ1) is 78.1. The van der Waals surface area contributed by atoms with E-state index in [-0.39, 0.29) is 25.9 Å². The summed E-state index contributed by atoms with van der Waals surface area (Å²) in [4.78, 5) is 51.4. The van der Waals surface area contributed by atoms with Crippen LogP contribution in [0.1, 0.15) is 265 Å². The lowest BCUT2D eigenvalue weighted by atomic mass is 9.98. The number of aliphatic hydroxyl groups is 2. The van der Waals surface area contributed by atoms with Gasteiger partial charge in [0.25, 0.3) is 0 Å². The fourth-order valence-electron chi connectivity index (χ4n) is 9.44.